The molecule has 0 aromatic carbocycles. The molecule has 1 unspecified atom stereocenters. The molecule has 0 bridgehead atoms. The molecule has 0 saturated carbocycles. The summed E-state index contributed by atoms with van der Waals surface area (Å²) in [5, 5.41) is 0. The highest BCUT2D eigenvalue weighted by Crippen LogP contribution is 2.32. The number of hydrogen-bond acceptors (Lipinski definition) is 4. The third kappa shape index (κ3) is 5.47. The monoisotopic (exact) mass is 256 g/mol. The Morgan fingerprint density at radius 1 is 1.28 bits per heavy atom. The zero-order chi connectivity index (χ0) is 14.0. The van der Waals surface area contributed by atoms with Crippen LogP contribution in [0.15, 0.2) is 24.8 Å². The summed E-state index contributed by atoms with van der Waals surface area (Å²) < 4.78 is 5.13. The summed E-state index contributed by atoms with van der Waals surface area (Å²) >= 11 is 0. The molecule has 0 N–H and O–H groups in total. The maximum Gasteiger partial charge on any atom is 0.315 e. The molecule has 0 spiro atoms. The Kier molecular flexibility index (Phi) is 8.33. The molecule has 4 heteroatoms. The quantitative estimate of drug-likeness (QED) is 0.198. The SMILES string of the molecule is C=CCC(COOCC)(CC(=C)C)C(=O)OCC. The normalized spacial score (nSPS) is 13.7. The minimum atomic E-state index is -0.793. The number of ether oxygens (including phenoxy) is 1. The van der Waals surface area contributed by atoms with Crippen molar-refractivity contribution in [3.05, 3.63) is 24.8 Å². The molecule has 104 valence electrons. The smallest absolute Gasteiger partial charge is 0.315 e. The van der Waals surface area contributed by atoms with Crippen LogP contribution in [0.5, 0.6) is 0 Å². The van der Waals surface area contributed by atoms with Gasteiger partial charge in [0.1, 0.15) is 5.41 Å². The first-order chi connectivity index (χ1) is 8.52. The molecule has 0 aliphatic rings. The second kappa shape index (κ2) is 8.89. The molecule has 0 aromatic rings. The number of carbonyl (C=O) groups excluding carboxylic acids is 1. The van der Waals surface area contributed by atoms with Crippen molar-refractivity contribution in [1.82, 2.24) is 0 Å². The fourth-order valence-electron chi connectivity index (χ4n) is 1.77. The minimum Gasteiger partial charge on any atom is -0.465 e. The van der Waals surface area contributed by atoms with E-state index >= 15 is 0 Å². The zero-order valence-corrected chi connectivity index (χ0v) is 11.7. The van der Waals surface area contributed by atoms with Crippen LogP contribution in [0.4, 0.5) is 0 Å². The Morgan fingerprint density at radius 3 is 2.39 bits per heavy atom. The van der Waals surface area contributed by atoms with Crippen LogP contribution in [0.1, 0.15) is 33.6 Å². The van der Waals surface area contributed by atoms with Crippen molar-refractivity contribution in [1.29, 1.82) is 0 Å². The molecule has 18 heavy (non-hydrogen) atoms. The van der Waals surface area contributed by atoms with E-state index in [-0.39, 0.29) is 12.6 Å². The molecular formula is C14H24O4. The number of allylic oxidation sites excluding steroid dienone is 2. The van der Waals surface area contributed by atoms with Crippen LogP contribution < -0.4 is 0 Å². The fraction of sp³-hybridized carbons (Fsp3) is 0.643. The summed E-state index contributed by atoms with van der Waals surface area (Å²) in [5.41, 5.74) is 0.101. The molecule has 0 aromatic heterocycles. The lowest BCUT2D eigenvalue weighted by atomic mass is 9.79. The molecule has 0 saturated heterocycles. The highest BCUT2D eigenvalue weighted by atomic mass is 17.2. The van der Waals surface area contributed by atoms with Crippen molar-refractivity contribution >= 4 is 5.97 Å². The van der Waals surface area contributed by atoms with Gasteiger partial charge in [-0.15, -0.1) is 13.2 Å². The van der Waals surface area contributed by atoms with Gasteiger partial charge in [0.25, 0.3) is 0 Å². The number of hydrogen-bond donors (Lipinski definition) is 0. The van der Waals surface area contributed by atoms with Gasteiger partial charge in [-0.25, -0.2) is 9.78 Å². The van der Waals surface area contributed by atoms with E-state index in [1.807, 2.05) is 13.8 Å². The highest BCUT2D eigenvalue weighted by Gasteiger charge is 2.39. The van der Waals surface area contributed by atoms with Gasteiger partial charge in [0, 0.05) is 0 Å². The van der Waals surface area contributed by atoms with Crippen molar-refractivity contribution in [3.8, 4) is 0 Å². The largest absolute Gasteiger partial charge is 0.465 e. The van der Waals surface area contributed by atoms with Crippen LogP contribution in [0.3, 0.4) is 0 Å². The summed E-state index contributed by atoms with van der Waals surface area (Å²) in [4.78, 5) is 22.1. The standard InChI is InChI=1S/C14H24O4/c1-6-9-14(10-12(4)5,11-18-17-8-3)13(15)16-7-2/h6H,1,4,7-11H2,2-3,5H3. The van der Waals surface area contributed by atoms with Gasteiger partial charge in [0.15, 0.2) is 0 Å². The van der Waals surface area contributed by atoms with Gasteiger partial charge in [-0.05, 0) is 33.6 Å². The molecule has 1 atom stereocenters. The molecule has 0 heterocycles. The maximum absolute atomic E-state index is 12.1. The van der Waals surface area contributed by atoms with E-state index in [2.05, 4.69) is 13.2 Å². The molecule has 0 fully saturated rings. The van der Waals surface area contributed by atoms with Gasteiger partial charge in [-0.2, -0.15) is 0 Å². The van der Waals surface area contributed by atoms with Crippen LogP contribution in [0.25, 0.3) is 0 Å². The predicted octanol–water partition coefficient (Wildman–Crippen LogP) is 3.05. The lowest BCUT2D eigenvalue weighted by Crippen LogP contribution is -2.37. The molecule has 0 rings (SSSR count). The number of carbonyl (C=O) groups is 1. The van der Waals surface area contributed by atoms with Gasteiger partial charge in [0.05, 0.1) is 19.8 Å². The van der Waals surface area contributed by atoms with Crippen LogP contribution in [-0.2, 0) is 19.3 Å². The Balaban J connectivity index is 4.93. The second-order valence-electron chi connectivity index (χ2n) is 4.30. The molecule has 0 radical (unpaired) electrons. The van der Waals surface area contributed by atoms with Crippen molar-refractivity contribution < 1.29 is 19.3 Å². The van der Waals surface area contributed by atoms with Gasteiger partial charge in [0.2, 0.25) is 0 Å². The van der Waals surface area contributed by atoms with E-state index in [4.69, 9.17) is 14.5 Å². The number of esters is 1. The maximum atomic E-state index is 12.1. The third-order valence-electron chi connectivity index (χ3n) is 2.42. The van der Waals surface area contributed by atoms with Crippen LogP contribution in [-0.4, -0.2) is 25.8 Å². The van der Waals surface area contributed by atoms with Crippen LogP contribution >= 0.6 is 0 Å². The molecule has 0 aliphatic heterocycles. The average Bonchev–Trinajstić information content (AvgIpc) is 2.29. The predicted molar refractivity (Wildman–Crippen MR) is 70.9 cm³/mol. The first-order valence-corrected chi connectivity index (χ1v) is 6.19. The summed E-state index contributed by atoms with van der Waals surface area (Å²) in [6.07, 6.45) is 2.64. The van der Waals surface area contributed by atoms with E-state index in [9.17, 15) is 4.79 Å². The fourth-order valence-corrected chi connectivity index (χ4v) is 1.77. The van der Waals surface area contributed by atoms with Gasteiger partial charge in [-0.3, -0.25) is 4.79 Å². The van der Waals surface area contributed by atoms with Crippen molar-refractivity contribution in [2.45, 2.75) is 33.6 Å². The summed E-state index contributed by atoms with van der Waals surface area (Å²) in [6, 6.07) is 0. The average molecular weight is 256 g/mol. The summed E-state index contributed by atoms with van der Waals surface area (Å²) in [6.45, 7) is 13.9. The Labute approximate surface area is 110 Å². The van der Waals surface area contributed by atoms with Crippen molar-refractivity contribution in [2.24, 2.45) is 5.41 Å². The molecule has 4 nitrogen and oxygen atoms in total. The van der Waals surface area contributed by atoms with E-state index in [0.29, 0.717) is 26.1 Å². The minimum absolute atomic E-state index is 0.137. The van der Waals surface area contributed by atoms with Gasteiger partial charge >= 0.3 is 5.97 Å². The first kappa shape index (κ1) is 16.9. The van der Waals surface area contributed by atoms with Crippen molar-refractivity contribution in [3.63, 3.8) is 0 Å². The van der Waals surface area contributed by atoms with Crippen molar-refractivity contribution in [2.75, 3.05) is 19.8 Å². The van der Waals surface area contributed by atoms with Gasteiger partial charge in [-0.1, -0.05) is 11.6 Å². The third-order valence-corrected chi connectivity index (χ3v) is 2.42. The zero-order valence-electron chi connectivity index (χ0n) is 11.7. The summed E-state index contributed by atoms with van der Waals surface area (Å²) in [5.74, 6) is -0.299. The molecule has 0 amide bonds. The van der Waals surface area contributed by atoms with E-state index < -0.39 is 5.41 Å². The van der Waals surface area contributed by atoms with E-state index in [1.54, 1.807) is 13.0 Å². The topological polar surface area (TPSA) is 44.8 Å². The Morgan fingerprint density at radius 2 is 1.94 bits per heavy atom. The van der Waals surface area contributed by atoms with E-state index in [0.717, 1.165) is 5.57 Å². The lowest BCUT2D eigenvalue weighted by Gasteiger charge is -2.29. The summed E-state index contributed by atoms with van der Waals surface area (Å²) in [7, 11) is 0. The Hall–Kier alpha value is -1.13. The number of rotatable bonds is 10. The first-order valence-electron chi connectivity index (χ1n) is 6.19. The van der Waals surface area contributed by atoms with Crippen LogP contribution in [0.2, 0.25) is 0 Å². The second-order valence-corrected chi connectivity index (χ2v) is 4.30. The van der Waals surface area contributed by atoms with Gasteiger partial charge < -0.3 is 4.74 Å². The highest BCUT2D eigenvalue weighted by molar-refractivity contribution is 5.77. The molecular weight excluding hydrogens is 232 g/mol. The van der Waals surface area contributed by atoms with E-state index in [1.165, 1.54) is 0 Å². The van der Waals surface area contributed by atoms with Crippen LogP contribution in [0, 0.1) is 5.41 Å². The Bertz CT molecular complexity index is 286. The lowest BCUT2D eigenvalue weighted by molar-refractivity contribution is -0.306. The molecule has 0 aliphatic carbocycles.